The maximum atomic E-state index is 12.3. The first-order valence-corrected chi connectivity index (χ1v) is 11.1. The summed E-state index contributed by atoms with van der Waals surface area (Å²) in [6.45, 7) is 8.24. The first-order valence-electron chi connectivity index (χ1n) is 9.44. The van der Waals surface area contributed by atoms with Gasteiger partial charge >= 0.3 is 5.91 Å². The molecule has 1 aromatic carbocycles. The van der Waals surface area contributed by atoms with E-state index in [0.717, 1.165) is 18.7 Å². The summed E-state index contributed by atoms with van der Waals surface area (Å²) in [5.41, 5.74) is 5.40. The molecule has 2 amide bonds. The summed E-state index contributed by atoms with van der Waals surface area (Å²) in [6, 6.07) is 9.66. The van der Waals surface area contributed by atoms with Gasteiger partial charge in [0.05, 0.1) is 17.2 Å². The van der Waals surface area contributed by atoms with Gasteiger partial charge in [-0.3, -0.25) is 25.3 Å². The van der Waals surface area contributed by atoms with E-state index in [0.29, 0.717) is 12.3 Å². The highest BCUT2D eigenvalue weighted by atomic mass is 32.2. The largest absolute Gasteiger partial charge is 0.454 e. The second kappa shape index (κ2) is 10.2. The minimum atomic E-state index is -3.57. The number of aryl methyl sites for hydroxylation is 1. The second-order valence-electron chi connectivity index (χ2n) is 6.61. The number of sulfone groups is 1. The third-order valence-electron chi connectivity index (χ3n) is 4.45. The highest BCUT2D eigenvalue weighted by molar-refractivity contribution is 7.91. The molecule has 0 fully saturated rings. The standard InChI is InChI=1S/C20H27N3O5S/c1-4-23(5-2)14-16-8-11-18(28-16)20(25)22-21-19(24)12-13-29(26,27)17-9-6-15(3)7-10-17/h6-11H,4-5,12-14H2,1-3H3,(H,21,24)(H,22,25). The Morgan fingerprint density at radius 1 is 1.00 bits per heavy atom. The fourth-order valence-electron chi connectivity index (χ4n) is 2.59. The van der Waals surface area contributed by atoms with Crippen LogP contribution < -0.4 is 10.9 Å². The Bertz CT molecular complexity index is 931. The van der Waals surface area contributed by atoms with E-state index in [1.165, 1.54) is 18.2 Å². The third kappa shape index (κ3) is 6.72. The predicted octanol–water partition coefficient (Wildman–Crippen LogP) is 2.05. The van der Waals surface area contributed by atoms with Crippen molar-refractivity contribution in [1.82, 2.24) is 15.8 Å². The molecule has 8 nitrogen and oxygen atoms in total. The summed E-state index contributed by atoms with van der Waals surface area (Å²) in [4.78, 5) is 26.3. The molecular weight excluding hydrogens is 394 g/mol. The van der Waals surface area contributed by atoms with Gasteiger partial charge in [0.25, 0.3) is 0 Å². The zero-order chi connectivity index (χ0) is 21.4. The zero-order valence-electron chi connectivity index (χ0n) is 16.9. The van der Waals surface area contributed by atoms with Crippen molar-refractivity contribution in [2.24, 2.45) is 0 Å². The average molecular weight is 422 g/mol. The Hall–Kier alpha value is -2.65. The number of carbonyl (C=O) groups excluding carboxylic acids is 2. The quantitative estimate of drug-likeness (QED) is 0.600. The molecule has 158 valence electrons. The first kappa shape index (κ1) is 22.6. The average Bonchev–Trinajstić information content (AvgIpc) is 3.17. The van der Waals surface area contributed by atoms with Crippen molar-refractivity contribution >= 4 is 21.7 Å². The number of hydrogen-bond acceptors (Lipinski definition) is 6. The molecule has 2 aromatic rings. The van der Waals surface area contributed by atoms with Crippen LogP contribution in [0.5, 0.6) is 0 Å². The van der Waals surface area contributed by atoms with Crippen LogP contribution >= 0.6 is 0 Å². The Morgan fingerprint density at radius 3 is 2.28 bits per heavy atom. The van der Waals surface area contributed by atoms with Crippen molar-refractivity contribution in [2.75, 3.05) is 18.8 Å². The summed E-state index contributed by atoms with van der Waals surface area (Å²) < 4.78 is 30.0. The van der Waals surface area contributed by atoms with Gasteiger partial charge in [-0.15, -0.1) is 0 Å². The number of benzene rings is 1. The Morgan fingerprint density at radius 2 is 1.66 bits per heavy atom. The van der Waals surface area contributed by atoms with Crippen LogP contribution in [0.15, 0.2) is 45.7 Å². The summed E-state index contributed by atoms with van der Waals surface area (Å²) in [5, 5.41) is 0. The Balaban J connectivity index is 1.82. The van der Waals surface area contributed by atoms with E-state index < -0.39 is 21.7 Å². The van der Waals surface area contributed by atoms with E-state index in [1.807, 2.05) is 20.8 Å². The molecule has 29 heavy (non-hydrogen) atoms. The number of furan rings is 1. The molecule has 0 aliphatic heterocycles. The zero-order valence-corrected chi connectivity index (χ0v) is 17.7. The van der Waals surface area contributed by atoms with Gasteiger partial charge in [0.1, 0.15) is 5.76 Å². The monoisotopic (exact) mass is 421 g/mol. The van der Waals surface area contributed by atoms with Crippen molar-refractivity contribution < 1.29 is 22.4 Å². The maximum absolute atomic E-state index is 12.3. The van der Waals surface area contributed by atoms with Gasteiger partial charge in [0.15, 0.2) is 15.6 Å². The van der Waals surface area contributed by atoms with Gasteiger partial charge in [-0.05, 0) is 44.3 Å². The van der Waals surface area contributed by atoms with Gasteiger partial charge in [-0.2, -0.15) is 0 Å². The number of hydrazine groups is 1. The molecule has 0 saturated carbocycles. The molecule has 0 radical (unpaired) electrons. The predicted molar refractivity (Wildman–Crippen MR) is 109 cm³/mol. The minimum absolute atomic E-state index is 0.0692. The van der Waals surface area contributed by atoms with Crippen molar-refractivity contribution in [3.8, 4) is 0 Å². The number of nitrogens with one attached hydrogen (secondary N) is 2. The van der Waals surface area contributed by atoms with Crippen molar-refractivity contribution in [1.29, 1.82) is 0 Å². The second-order valence-corrected chi connectivity index (χ2v) is 8.72. The number of rotatable bonds is 9. The fourth-order valence-corrected chi connectivity index (χ4v) is 3.83. The van der Waals surface area contributed by atoms with Crippen LogP contribution in [0.25, 0.3) is 0 Å². The molecule has 1 aromatic heterocycles. The van der Waals surface area contributed by atoms with Crippen LogP contribution in [0.2, 0.25) is 0 Å². The molecule has 9 heteroatoms. The molecule has 1 heterocycles. The molecule has 2 N–H and O–H groups in total. The lowest BCUT2D eigenvalue weighted by molar-refractivity contribution is -0.121. The molecule has 0 aliphatic carbocycles. The molecule has 0 bridgehead atoms. The lowest BCUT2D eigenvalue weighted by Gasteiger charge is -2.15. The van der Waals surface area contributed by atoms with E-state index >= 15 is 0 Å². The fraction of sp³-hybridized carbons (Fsp3) is 0.400. The molecule has 0 unspecified atom stereocenters. The number of hydrogen-bond donors (Lipinski definition) is 2. The normalized spacial score (nSPS) is 11.4. The van der Waals surface area contributed by atoms with Crippen LogP contribution in [-0.4, -0.2) is 44.0 Å². The number of carbonyl (C=O) groups is 2. The van der Waals surface area contributed by atoms with Gasteiger partial charge in [0, 0.05) is 6.42 Å². The van der Waals surface area contributed by atoms with Crippen molar-refractivity contribution in [3.63, 3.8) is 0 Å². The smallest absolute Gasteiger partial charge is 0.305 e. The van der Waals surface area contributed by atoms with Crippen LogP contribution in [0.4, 0.5) is 0 Å². The Labute approximate surface area is 171 Å². The summed E-state index contributed by atoms with van der Waals surface area (Å²) >= 11 is 0. The lowest BCUT2D eigenvalue weighted by Crippen LogP contribution is -2.42. The molecule has 0 aliphatic rings. The summed E-state index contributed by atoms with van der Waals surface area (Å²) in [7, 11) is -3.57. The van der Waals surface area contributed by atoms with E-state index in [-0.39, 0.29) is 22.8 Å². The van der Waals surface area contributed by atoms with Gasteiger partial charge in [-0.1, -0.05) is 31.5 Å². The van der Waals surface area contributed by atoms with Gasteiger partial charge < -0.3 is 4.42 Å². The molecule has 0 atom stereocenters. The number of nitrogens with zero attached hydrogens (tertiary/aromatic N) is 1. The SMILES string of the molecule is CCN(CC)Cc1ccc(C(=O)NNC(=O)CCS(=O)(=O)c2ccc(C)cc2)o1. The Kier molecular flexibility index (Phi) is 7.98. The van der Waals surface area contributed by atoms with Crippen molar-refractivity contribution in [3.05, 3.63) is 53.5 Å². The van der Waals surface area contributed by atoms with Crippen LogP contribution in [0, 0.1) is 6.92 Å². The summed E-state index contributed by atoms with van der Waals surface area (Å²) in [5.74, 6) is -0.851. The van der Waals surface area contributed by atoms with Crippen molar-refractivity contribution in [2.45, 2.75) is 38.6 Å². The first-order chi connectivity index (χ1) is 13.7. The topological polar surface area (TPSA) is 109 Å². The molecule has 2 rings (SSSR count). The summed E-state index contributed by atoms with van der Waals surface area (Å²) in [6.07, 6.45) is -0.276. The van der Waals surface area contributed by atoms with Crippen LogP contribution in [0.1, 0.15) is 42.1 Å². The molecular formula is C20H27N3O5S. The third-order valence-corrected chi connectivity index (χ3v) is 6.18. The van der Waals surface area contributed by atoms with Gasteiger partial charge in [0.2, 0.25) is 5.91 Å². The number of amides is 2. The molecule has 0 saturated heterocycles. The van der Waals surface area contributed by atoms with Crippen LogP contribution in [-0.2, 0) is 21.2 Å². The van der Waals surface area contributed by atoms with E-state index in [2.05, 4.69) is 15.8 Å². The van der Waals surface area contributed by atoms with Gasteiger partial charge in [-0.25, -0.2) is 8.42 Å². The minimum Gasteiger partial charge on any atom is -0.454 e. The van der Waals surface area contributed by atoms with E-state index in [9.17, 15) is 18.0 Å². The van der Waals surface area contributed by atoms with Crippen LogP contribution in [0.3, 0.4) is 0 Å². The lowest BCUT2D eigenvalue weighted by atomic mass is 10.2. The van der Waals surface area contributed by atoms with E-state index in [4.69, 9.17) is 4.42 Å². The highest BCUT2D eigenvalue weighted by Gasteiger charge is 2.17. The maximum Gasteiger partial charge on any atom is 0.305 e. The highest BCUT2D eigenvalue weighted by Crippen LogP contribution is 2.13. The molecule has 0 spiro atoms. The van der Waals surface area contributed by atoms with E-state index in [1.54, 1.807) is 18.2 Å².